The molecule has 0 saturated heterocycles. The van der Waals surface area contributed by atoms with E-state index in [9.17, 15) is 9.90 Å². The van der Waals surface area contributed by atoms with E-state index in [0.29, 0.717) is 5.41 Å². The van der Waals surface area contributed by atoms with E-state index >= 15 is 0 Å². The topological polar surface area (TPSA) is 37.3 Å². The van der Waals surface area contributed by atoms with Gasteiger partial charge >= 0.3 is 5.97 Å². The molecular formula is C19H24O2. The summed E-state index contributed by atoms with van der Waals surface area (Å²) in [4.78, 5) is 12.1. The lowest BCUT2D eigenvalue weighted by atomic mass is 9.20. The van der Waals surface area contributed by atoms with Crippen LogP contribution in [0.1, 0.15) is 44.9 Å². The molecule has 1 N–H and O–H groups in total. The van der Waals surface area contributed by atoms with Crippen LogP contribution in [-0.2, 0) is 4.79 Å². The van der Waals surface area contributed by atoms with Gasteiger partial charge in [-0.2, -0.15) is 0 Å². The first-order valence-corrected chi connectivity index (χ1v) is 9.36. The first kappa shape index (κ1) is 11.1. The van der Waals surface area contributed by atoms with Gasteiger partial charge in [-0.25, -0.2) is 0 Å². The maximum atomic E-state index is 12.1. The molecule has 0 amide bonds. The molecule has 0 aromatic rings. The van der Waals surface area contributed by atoms with E-state index in [-0.39, 0.29) is 5.41 Å². The molecule has 0 aliphatic heterocycles. The van der Waals surface area contributed by atoms with Crippen molar-refractivity contribution in [3.05, 3.63) is 0 Å². The van der Waals surface area contributed by atoms with E-state index < -0.39 is 5.97 Å². The lowest BCUT2D eigenvalue weighted by molar-refractivity contribution is -0.359. The molecule has 0 radical (unpaired) electrons. The molecule has 10 saturated carbocycles. The molecule has 2 heteroatoms. The van der Waals surface area contributed by atoms with Gasteiger partial charge in [0.05, 0.1) is 5.41 Å². The summed E-state index contributed by atoms with van der Waals surface area (Å²) in [5.74, 6) is 8.13. The summed E-state index contributed by atoms with van der Waals surface area (Å²) in [7, 11) is 0. The van der Waals surface area contributed by atoms with E-state index in [1.807, 2.05) is 0 Å². The maximum Gasteiger partial charge on any atom is 0.309 e. The fourth-order valence-electron chi connectivity index (χ4n) is 10.6. The summed E-state index contributed by atoms with van der Waals surface area (Å²) in [5.41, 5.74) is 0.214. The lowest BCUT2D eigenvalue weighted by Crippen LogP contribution is -2.79. The van der Waals surface area contributed by atoms with Gasteiger partial charge < -0.3 is 5.11 Å². The summed E-state index contributed by atoms with van der Waals surface area (Å²) in [6, 6.07) is 0. The molecule has 10 aliphatic carbocycles. The molecule has 0 heterocycles. The summed E-state index contributed by atoms with van der Waals surface area (Å²) in [6.45, 7) is 0. The van der Waals surface area contributed by atoms with Gasteiger partial charge in [0.15, 0.2) is 0 Å². The summed E-state index contributed by atoms with van der Waals surface area (Å²) in [6.07, 6.45) is 9.17. The summed E-state index contributed by atoms with van der Waals surface area (Å²) < 4.78 is 0. The highest BCUT2D eigenvalue weighted by molar-refractivity contribution is 5.76. The van der Waals surface area contributed by atoms with Crippen LogP contribution in [0.25, 0.3) is 0 Å². The third-order valence-corrected chi connectivity index (χ3v) is 10.2. The number of hydrogen-bond donors (Lipinski definition) is 1. The lowest BCUT2D eigenvalue weighted by Gasteiger charge is -2.84. The Labute approximate surface area is 125 Å². The van der Waals surface area contributed by atoms with Gasteiger partial charge in [0, 0.05) is 0 Å². The van der Waals surface area contributed by atoms with Gasteiger partial charge in [-0.15, -0.1) is 0 Å². The van der Waals surface area contributed by atoms with Gasteiger partial charge in [-0.1, -0.05) is 0 Å². The third-order valence-electron chi connectivity index (χ3n) is 10.2. The Hall–Kier alpha value is -0.530. The highest BCUT2D eigenvalue weighted by Gasteiger charge is 2.81. The number of aliphatic carboxylic acids is 1. The van der Waals surface area contributed by atoms with Crippen molar-refractivity contribution in [2.45, 2.75) is 44.9 Å². The van der Waals surface area contributed by atoms with Crippen LogP contribution in [0.3, 0.4) is 0 Å². The molecule has 2 nitrogen and oxygen atoms in total. The Morgan fingerprint density at radius 2 is 1.43 bits per heavy atom. The van der Waals surface area contributed by atoms with Crippen molar-refractivity contribution in [3.8, 4) is 0 Å². The van der Waals surface area contributed by atoms with Gasteiger partial charge in [0.25, 0.3) is 0 Å². The van der Waals surface area contributed by atoms with Crippen LogP contribution in [0.2, 0.25) is 0 Å². The van der Waals surface area contributed by atoms with Crippen molar-refractivity contribution in [2.75, 3.05) is 0 Å². The Kier molecular flexibility index (Phi) is 1.49. The molecule has 112 valence electrons. The zero-order valence-electron chi connectivity index (χ0n) is 12.5. The van der Waals surface area contributed by atoms with Crippen molar-refractivity contribution in [3.63, 3.8) is 0 Å². The van der Waals surface area contributed by atoms with Crippen molar-refractivity contribution < 1.29 is 9.90 Å². The Morgan fingerprint density at radius 1 is 0.810 bits per heavy atom. The predicted molar refractivity (Wildman–Crippen MR) is 76.2 cm³/mol. The largest absolute Gasteiger partial charge is 0.481 e. The van der Waals surface area contributed by atoms with Crippen molar-refractivity contribution >= 4 is 5.97 Å². The fourth-order valence-corrected chi connectivity index (χ4v) is 10.6. The standard InChI is InChI=1S/C19H24O2/c20-17(21)18-5-13-10-3-9-11-1-8-2-12(9)16(14(10)6-18)19(4-8,7-18)15(11)13/h8-16H,1-7H2,(H,20,21). The van der Waals surface area contributed by atoms with Gasteiger partial charge in [0.2, 0.25) is 0 Å². The number of carboxylic acids is 1. The van der Waals surface area contributed by atoms with E-state index in [1.54, 1.807) is 0 Å². The van der Waals surface area contributed by atoms with Gasteiger partial charge in [0.1, 0.15) is 0 Å². The van der Waals surface area contributed by atoms with Gasteiger partial charge in [-0.3, -0.25) is 4.79 Å². The molecule has 21 heavy (non-hydrogen) atoms. The van der Waals surface area contributed by atoms with E-state index in [1.165, 1.54) is 25.7 Å². The van der Waals surface area contributed by atoms with Gasteiger partial charge in [-0.05, 0) is 104 Å². The number of rotatable bonds is 1. The van der Waals surface area contributed by atoms with Crippen molar-refractivity contribution in [2.24, 2.45) is 64.1 Å². The van der Waals surface area contributed by atoms with Crippen molar-refractivity contribution in [1.29, 1.82) is 0 Å². The highest BCUT2D eigenvalue weighted by atomic mass is 16.4. The molecule has 0 aromatic carbocycles. The number of hydrogen-bond acceptors (Lipinski definition) is 1. The van der Waals surface area contributed by atoms with Crippen LogP contribution in [-0.4, -0.2) is 11.1 Å². The minimum atomic E-state index is -0.430. The van der Waals surface area contributed by atoms with Crippen LogP contribution in [0.15, 0.2) is 0 Å². The predicted octanol–water partition coefficient (Wildman–Crippen LogP) is 3.42. The van der Waals surface area contributed by atoms with Crippen LogP contribution in [0, 0.1) is 64.1 Å². The molecule has 10 rings (SSSR count). The van der Waals surface area contributed by atoms with Crippen molar-refractivity contribution in [1.82, 2.24) is 0 Å². The third kappa shape index (κ3) is 0.874. The van der Waals surface area contributed by atoms with E-state index in [0.717, 1.165) is 72.5 Å². The second-order valence-electron chi connectivity index (χ2n) is 10.2. The molecular weight excluding hydrogens is 260 g/mol. The van der Waals surface area contributed by atoms with Crippen LogP contribution in [0.4, 0.5) is 0 Å². The highest BCUT2D eigenvalue weighted by Crippen LogP contribution is 2.86. The first-order chi connectivity index (χ1) is 10.1. The molecule has 6 unspecified atom stereocenters. The average Bonchev–Trinajstić information content (AvgIpc) is 2.44. The Morgan fingerprint density at radius 3 is 2.05 bits per heavy atom. The van der Waals surface area contributed by atoms with Crippen LogP contribution < -0.4 is 0 Å². The SMILES string of the molecule is O=C(O)C12CC3C4CC5C6CC7CC5C(C4C1)C(C7)(C2)C63. The number of carbonyl (C=O) groups is 1. The van der Waals surface area contributed by atoms with Crippen LogP contribution >= 0.6 is 0 Å². The fraction of sp³-hybridized carbons (Fsp3) is 0.947. The molecule has 10 fully saturated rings. The molecule has 0 aromatic heterocycles. The molecule has 6 atom stereocenters. The monoisotopic (exact) mass is 284 g/mol. The molecule has 1 spiro atoms. The smallest absolute Gasteiger partial charge is 0.309 e. The second kappa shape index (κ2) is 2.83. The Bertz CT molecular complexity index is 562. The van der Waals surface area contributed by atoms with E-state index in [4.69, 9.17) is 0 Å². The summed E-state index contributed by atoms with van der Waals surface area (Å²) in [5, 5.41) is 10.0. The Balaban J connectivity index is 1.51. The maximum absolute atomic E-state index is 12.1. The first-order valence-electron chi connectivity index (χ1n) is 9.36. The molecule has 10 aliphatic rings. The number of carboxylic acid groups (broad SMARTS) is 1. The zero-order chi connectivity index (χ0) is 13.7. The minimum absolute atomic E-state index is 0.294. The quantitative estimate of drug-likeness (QED) is 0.801. The minimum Gasteiger partial charge on any atom is -0.481 e. The van der Waals surface area contributed by atoms with E-state index in [2.05, 4.69) is 0 Å². The second-order valence-corrected chi connectivity index (χ2v) is 10.2. The zero-order valence-corrected chi connectivity index (χ0v) is 12.5. The molecule has 11 bridgehead atoms. The average molecular weight is 284 g/mol. The normalized spacial score (nSPS) is 73.6. The van der Waals surface area contributed by atoms with Crippen LogP contribution in [0.5, 0.6) is 0 Å². The summed E-state index contributed by atoms with van der Waals surface area (Å²) >= 11 is 0.